The van der Waals surface area contributed by atoms with Crippen molar-refractivity contribution in [3.05, 3.63) is 75.3 Å². The molecule has 0 aromatic carbocycles. The second-order valence-electron chi connectivity index (χ2n) is 10.6. The number of rotatable bonds is 7. The van der Waals surface area contributed by atoms with Crippen LogP contribution in [-0.2, 0) is 42.8 Å². The SMILES string of the molecule is CC(/C=C/C(C)=C/[C@@H]1Cc2nc(cs2)CC[C@@H](N[SH](=O)=O)CC(=O)O[C@@H](C)C/C(C)=C/C=C\C(=O)O1)=C\CN(C)C. The maximum atomic E-state index is 12.7. The maximum absolute atomic E-state index is 12.7. The zero-order chi connectivity index (χ0) is 30.4. The van der Waals surface area contributed by atoms with E-state index in [0.29, 0.717) is 25.7 Å². The lowest BCUT2D eigenvalue weighted by atomic mass is 10.1. The van der Waals surface area contributed by atoms with Crippen molar-refractivity contribution in [2.75, 3.05) is 20.6 Å². The summed E-state index contributed by atoms with van der Waals surface area (Å²) in [7, 11) is 1.16. The van der Waals surface area contributed by atoms with Crippen LogP contribution in [0.15, 0.2) is 64.6 Å². The topological polar surface area (TPSA) is 115 Å². The molecule has 3 atom stereocenters. The molecule has 1 aliphatic rings. The fraction of sp³-hybridized carbons (Fsp3) is 0.500. The van der Waals surface area contributed by atoms with Gasteiger partial charge in [0.15, 0.2) is 0 Å². The number of carbonyl (C=O) groups is 2. The highest BCUT2D eigenvalue weighted by Gasteiger charge is 2.20. The Labute approximate surface area is 249 Å². The number of nitrogens with one attached hydrogen (secondary N) is 1. The van der Waals surface area contributed by atoms with E-state index in [1.54, 1.807) is 19.1 Å². The number of thiol groups is 1. The smallest absolute Gasteiger partial charge is 0.331 e. The molecule has 1 aromatic rings. The summed E-state index contributed by atoms with van der Waals surface area (Å²) in [6.07, 6.45) is 13.6. The predicted molar refractivity (Wildman–Crippen MR) is 164 cm³/mol. The molecule has 1 N–H and O–H groups in total. The summed E-state index contributed by atoms with van der Waals surface area (Å²) in [4.78, 5) is 31.9. The van der Waals surface area contributed by atoms with Crippen molar-refractivity contribution < 1.29 is 27.5 Å². The minimum absolute atomic E-state index is 0.0703. The largest absolute Gasteiger partial charge is 0.462 e. The highest BCUT2D eigenvalue weighted by atomic mass is 32.2. The second kappa shape index (κ2) is 17.8. The van der Waals surface area contributed by atoms with Gasteiger partial charge in [-0.15, -0.1) is 11.3 Å². The van der Waals surface area contributed by atoms with E-state index in [-0.39, 0.29) is 6.42 Å². The van der Waals surface area contributed by atoms with Crippen LogP contribution in [0.3, 0.4) is 0 Å². The second-order valence-corrected chi connectivity index (χ2v) is 12.3. The first-order valence-electron chi connectivity index (χ1n) is 13.6. The van der Waals surface area contributed by atoms with Crippen LogP contribution in [0.4, 0.5) is 0 Å². The van der Waals surface area contributed by atoms with Gasteiger partial charge in [0.05, 0.1) is 17.1 Å². The number of nitrogens with zero attached hydrogens (tertiary/aromatic N) is 2. The molecule has 1 aromatic heterocycles. The van der Waals surface area contributed by atoms with Crippen molar-refractivity contribution in [3.63, 3.8) is 0 Å². The van der Waals surface area contributed by atoms with E-state index in [2.05, 4.69) is 20.7 Å². The number of hydrogen-bond acceptors (Lipinski definition) is 9. The Bertz CT molecular complexity index is 1250. The molecule has 0 unspecified atom stereocenters. The minimum atomic E-state index is -2.88. The van der Waals surface area contributed by atoms with E-state index in [4.69, 9.17) is 9.47 Å². The molecular weight excluding hydrogens is 562 g/mol. The number of aryl methyl sites for hydroxylation is 1. The van der Waals surface area contributed by atoms with E-state index in [1.807, 2.05) is 58.5 Å². The number of fused-ring (bicyclic) bond motifs is 2. The van der Waals surface area contributed by atoms with Crippen molar-refractivity contribution in [1.29, 1.82) is 0 Å². The van der Waals surface area contributed by atoms with Gasteiger partial charge in [0, 0.05) is 36.9 Å². The van der Waals surface area contributed by atoms with Crippen LogP contribution in [0.5, 0.6) is 0 Å². The summed E-state index contributed by atoms with van der Waals surface area (Å²) < 4.78 is 36.5. The average Bonchev–Trinajstić information content (AvgIpc) is 3.30. The van der Waals surface area contributed by atoms with Crippen molar-refractivity contribution in [3.8, 4) is 0 Å². The van der Waals surface area contributed by atoms with Crippen LogP contribution in [0, 0.1) is 0 Å². The molecule has 0 fully saturated rings. The van der Waals surface area contributed by atoms with Crippen molar-refractivity contribution >= 4 is 34.2 Å². The van der Waals surface area contributed by atoms with E-state index in [1.165, 1.54) is 17.4 Å². The molecule has 41 heavy (non-hydrogen) atoms. The number of cyclic esters (lactones) is 2. The van der Waals surface area contributed by atoms with E-state index in [9.17, 15) is 18.0 Å². The van der Waals surface area contributed by atoms with E-state index < -0.39 is 41.1 Å². The third-order valence-electron chi connectivity index (χ3n) is 6.08. The third kappa shape index (κ3) is 15.1. The Kier molecular flexibility index (Phi) is 14.9. The molecule has 2 rings (SSSR count). The Morgan fingerprint density at radius 1 is 1.15 bits per heavy atom. The number of ether oxygens (including phenoxy) is 2. The van der Waals surface area contributed by atoms with Gasteiger partial charge in [0.25, 0.3) is 0 Å². The zero-order valence-electron chi connectivity index (χ0n) is 24.8. The number of esters is 2. The molecule has 0 radical (unpaired) electrons. The standard InChI is InChI=1S/C30H43N3O6S2/c1-21(14-15-33(5)6)10-11-23(3)17-27-19-28-31-26(20-40-28)13-12-25(32-41(36)37)18-30(35)38-24(4)16-22(2)8-7-9-29(34)39-27/h7-11,14,17,20,24-25,27,41H,12-13,15-16,18-19H2,1-6H3,(H,32,36,37)/b9-7-,11-10+,21-14+,22-8+,23-17+/t24-,25+,27+/m0/s1. The van der Waals surface area contributed by atoms with Gasteiger partial charge >= 0.3 is 11.9 Å². The molecule has 226 valence electrons. The van der Waals surface area contributed by atoms with Gasteiger partial charge in [-0.05, 0) is 60.7 Å². The Morgan fingerprint density at radius 3 is 2.59 bits per heavy atom. The van der Waals surface area contributed by atoms with Crippen LogP contribution in [0.25, 0.3) is 0 Å². The summed E-state index contributed by atoms with van der Waals surface area (Å²) >= 11 is 1.45. The zero-order valence-corrected chi connectivity index (χ0v) is 26.5. The minimum Gasteiger partial charge on any atom is -0.462 e. The van der Waals surface area contributed by atoms with Crippen LogP contribution in [0.1, 0.15) is 57.7 Å². The Balaban J connectivity index is 2.31. The van der Waals surface area contributed by atoms with Gasteiger partial charge in [0.2, 0.25) is 10.9 Å². The van der Waals surface area contributed by atoms with Gasteiger partial charge < -0.3 is 14.4 Å². The number of aromatic nitrogens is 1. The molecule has 11 heteroatoms. The summed E-state index contributed by atoms with van der Waals surface area (Å²) in [6, 6.07) is -0.594. The van der Waals surface area contributed by atoms with Gasteiger partial charge in [-0.25, -0.2) is 22.9 Å². The molecule has 0 aliphatic carbocycles. The number of allylic oxidation sites excluding steroid dienone is 6. The fourth-order valence-corrected chi connectivity index (χ4v) is 5.46. The highest BCUT2D eigenvalue weighted by molar-refractivity contribution is 7.70. The lowest BCUT2D eigenvalue weighted by Gasteiger charge is -2.17. The van der Waals surface area contributed by atoms with Crippen LogP contribution in [-0.4, -0.2) is 69.1 Å². The fourth-order valence-electron chi connectivity index (χ4n) is 4.07. The molecular formula is C30H43N3O6S2. The van der Waals surface area contributed by atoms with Gasteiger partial charge in [0.1, 0.15) is 12.2 Å². The maximum Gasteiger partial charge on any atom is 0.331 e. The van der Waals surface area contributed by atoms with Crippen molar-refractivity contribution in [2.45, 2.75) is 78.0 Å². The van der Waals surface area contributed by atoms with Crippen LogP contribution in [0.2, 0.25) is 0 Å². The van der Waals surface area contributed by atoms with E-state index >= 15 is 0 Å². The Morgan fingerprint density at radius 2 is 1.88 bits per heavy atom. The van der Waals surface area contributed by atoms with Crippen LogP contribution >= 0.6 is 11.3 Å². The molecule has 0 amide bonds. The molecule has 0 spiro atoms. The summed E-state index contributed by atoms with van der Waals surface area (Å²) in [5.74, 6) is -0.943. The van der Waals surface area contributed by atoms with E-state index in [0.717, 1.165) is 34.0 Å². The average molecular weight is 606 g/mol. The summed E-state index contributed by atoms with van der Waals surface area (Å²) in [5, 5.41) is 2.70. The van der Waals surface area contributed by atoms with Crippen molar-refractivity contribution in [2.24, 2.45) is 0 Å². The normalized spacial score (nSPS) is 24.8. The first-order chi connectivity index (χ1) is 19.4. The summed E-state index contributed by atoms with van der Waals surface area (Å²) in [5.41, 5.74) is 3.78. The number of thiazole rings is 1. The molecule has 0 saturated heterocycles. The number of carbonyl (C=O) groups excluding carboxylic acids is 2. The predicted octanol–water partition coefficient (Wildman–Crippen LogP) is 4.25. The lowest BCUT2D eigenvalue weighted by molar-refractivity contribution is -0.148. The molecule has 1 aliphatic heterocycles. The molecule has 2 bridgehead atoms. The molecule has 9 nitrogen and oxygen atoms in total. The molecule has 2 heterocycles. The first-order valence-corrected chi connectivity index (χ1v) is 15.7. The highest BCUT2D eigenvalue weighted by Crippen LogP contribution is 2.19. The Hall–Kier alpha value is -2.86. The van der Waals surface area contributed by atoms with Gasteiger partial charge in [-0.1, -0.05) is 47.1 Å². The third-order valence-corrected chi connectivity index (χ3v) is 7.58. The monoisotopic (exact) mass is 605 g/mol. The first kappa shape index (κ1) is 34.3. The van der Waals surface area contributed by atoms with Crippen LogP contribution < -0.4 is 4.72 Å². The van der Waals surface area contributed by atoms with Gasteiger partial charge in [-0.3, -0.25) is 4.79 Å². The molecule has 0 saturated carbocycles. The lowest BCUT2D eigenvalue weighted by Crippen LogP contribution is -2.32. The van der Waals surface area contributed by atoms with Gasteiger partial charge in [-0.2, -0.15) is 0 Å². The summed E-state index contributed by atoms with van der Waals surface area (Å²) in [6.45, 7) is 8.51. The quantitative estimate of drug-likeness (QED) is 0.269. The van der Waals surface area contributed by atoms with Crippen molar-refractivity contribution in [1.82, 2.24) is 14.6 Å². The number of likely N-dealkylation sites (N-methyl/N-ethyl adjacent to an activating group) is 1. The number of hydrogen-bond donors (Lipinski definition) is 2.